The maximum atomic E-state index is 13.0. The van der Waals surface area contributed by atoms with E-state index in [0.29, 0.717) is 29.4 Å². The number of imide groups is 1. The Morgan fingerprint density at radius 1 is 1.03 bits per heavy atom. The van der Waals surface area contributed by atoms with Crippen LogP contribution in [0.15, 0.2) is 54.6 Å². The van der Waals surface area contributed by atoms with Crippen molar-refractivity contribution in [3.63, 3.8) is 0 Å². The second-order valence-electron chi connectivity index (χ2n) is 7.40. The monoisotopic (exact) mass is 429 g/mol. The molecule has 0 radical (unpaired) electrons. The number of esters is 1. The van der Waals surface area contributed by atoms with Crippen LogP contribution in [0.25, 0.3) is 22.6 Å². The fourth-order valence-electron chi connectivity index (χ4n) is 3.83. The first kappa shape index (κ1) is 21.2. The minimum atomic E-state index is -0.691. The molecule has 1 heterocycles. The smallest absolute Gasteiger partial charge is 0.339 e. The highest BCUT2D eigenvalue weighted by Crippen LogP contribution is 2.37. The summed E-state index contributed by atoms with van der Waals surface area (Å²) in [5.41, 5.74) is 4.83. The van der Waals surface area contributed by atoms with E-state index in [-0.39, 0.29) is 0 Å². The molecule has 0 aliphatic heterocycles. The van der Waals surface area contributed by atoms with Crippen LogP contribution in [-0.4, -0.2) is 36.0 Å². The zero-order chi connectivity index (χ0) is 22.5. The third kappa shape index (κ3) is 4.51. The normalized spacial score (nSPS) is 13.6. The average Bonchev–Trinajstić information content (AvgIpc) is 3.18. The van der Waals surface area contributed by atoms with E-state index in [1.165, 1.54) is 0 Å². The predicted molar refractivity (Wildman–Crippen MR) is 122 cm³/mol. The summed E-state index contributed by atoms with van der Waals surface area (Å²) in [6, 6.07) is 16.7. The number of nitrogens with one attached hydrogen (secondary N) is 2. The summed E-state index contributed by atoms with van der Waals surface area (Å²) >= 11 is 0. The molecule has 4 rings (SSSR count). The van der Waals surface area contributed by atoms with Crippen molar-refractivity contribution in [1.29, 1.82) is 0 Å². The fourth-order valence-corrected chi connectivity index (χ4v) is 3.83. The average molecular weight is 429 g/mol. The molecule has 0 saturated heterocycles. The van der Waals surface area contributed by atoms with Crippen molar-refractivity contribution in [2.45, 2.75) is 19.8 Å². The molecule has 0 saturated carbocycles. The van der Waals surface area contributed by atoms with E-state index in [0.717, 1.165) is 28.8 Å². The van der Waals surface area contributed by atoms with Gasteiger partial charge in [-0.15, -0.1) is 0 Å². The number of amides is 3. The third-order valence-corrected chi connectivity index (χ3v) is 5.21. The van der Waals surface area contributed by atoms with Crippen LogP contribution in [0.5, 0.6) is 0 Å². The Morgan fingerprint density at radius 2 is 1.78 bits per heavy atom. The molecular formula is C25H23N3O4. The molecule has 1 aliphatic carbocycles. The first-order chi connectivity index (χ1) is 15.6. The van der Waals surface area contributed by atoms with Crippen LogP contribution < -0.4 is 10.6 Å². The number of carbonyl (C=O) groups is 3. The summed E-state index contributed by atoms with van der Waals surface area (Å²) < 4.78 is 5.28. The van der Waals surface area contributed by atoms with Gasteiger partial charge in [0, 0.05) is 11.9 Å². The minimum absolute atomic E-state index is 0.382. The van der Waals surface area contributed by atoms with Gasteiger partial charge in [0.15, 0.2) is 6.61 Å². The van der Waals surface area contributed by atoms with Gasteiger partial charge in [-0.25, -0.2) is 14.6 Å². The summed E-state index contributed by atoms with van der Waals surface area (Å²) in [7, 11) is 0. The van der Waals surface area contributed by atoms with E-state index in [9.17, 15) is 14.4 Å². The number of benzene rings is 2. The van der Waals surface area contributed by atoms with Gasteiger partial charge in [0.05, 0.1) is 16.8 Å². The van der Waals surface area contributed by atoms with E-state index in [1.54, 1.807) is 6.92 Å². The van der Waals surface area contributed by atoms with Gasteiger partial charge < -0.3 is 10.1 Å². The van der Waals surface area contributed by atoms with Gasteiger partial charge in [-0.05, 0) is 48.6 Å². The van der Waals surface area contributed by atoms with Crippen LogP contribution in [0.3, 0.4) is 0 Å². The largest absolute Gasteiger partial charge is 0.452 e. The van der Waals surface area contributed by atoms with Crippen molar-refractivity contribution in [2.75, 3.05) is 13.2 Å². The zero-order valence-corrected chi connectivity index (χ0v) is 17.7. The Balaban J connectivity index is 1.65. The second kappa shape index (κ2) is 9.43. The Labute approximate surface area is 185 Å². The number of hydrogen-bond donors (Lipinski definition) is 2. The molecule has 2 aromatic carbocycles. The number of allylic oxidation sites excluding steroid dienone is 1. The number of ether oxygens (including phenoxy) is 1. The predicted octanol–water partition coefficient (Wildman–Crippen LogP) is 3.72. The lowest BCUT2D eigenvalue weighted by atomic mass is 10.0. The highest BCUT2D eigenvalue weighted by Gasteiger charge is 2.28. The van der Waals surface area contributed by atoms with Crippen molar-refractivity contribution < 1.29 is 19.1 Å². The molecule has 1 aromatic heterocycles. The maximum Gasteiger partial charge on any atom is 0.339 e. The molecule has 2 N–H and O–H groups in total. The van der Waals surface area contributed by atoms with Crippen molar-refractivity contribution in [3.8, 4) is 0 Å². The second-order valence-corrected chi connectivity index (χ2v) is 7.40. The van der Waals surface area contributed by atoms with Crippen molar-refractivity contribution in [3.05, 3.63) is 77.0 Å². The molecule has 162 valence electrons. The number of aromatic nitrogens is 1. The van der Waals surface area contributed by atoms with Gasteiger partial charge in [0.25, 0.3) is 5.91 Å². The number of urea groups is 1. The molecule has 0 spiro atoms. The highest BCUT2D eigenvalue weighted by atomic mass is 16.5. The number of rotatable bonds is 5. The first-order valence-corrected chi connectivity index (χ1v) is 10.5. The van der Waals surface area contributed by atoms with Gasteiger partial charge in [0.1, 0.15) is 0 Å². The lowest BCUT2D eigenvalue weighted by Crippen LogP contribution is -2.41. The Bertz CT molecular complexity index is 1220. The number of hydrogen-bond acceptors (Lipinski definition) is 5. The summed E-state index contributed by atoms with van der Waals surface area (Å²) in [5, 5.41) is 5.26. The molecule has 0 unspecified atom stereocenters. The van der Waals surface area contributed by atoms with E-state index in [2.05, 4.69) is 16.7 Å². The zero-order valence-electron chi connectivity index (χ0n) is 17.7. The lowest BCUT2D eigenvalue weighted by Gasteiger charge is -2.12. The van der Waals surface area contributed by atoms with Gasteiger partial charge in [-0.1, -0.05) is 48.5 Å². The van der Waals surface area contributed by atoms with Crippen molar-refractivity contribution in [1.82, 2.24) is 15.6 Å². The van der Waals surface area contributed by atoms with Crippen molar-refractivity contribution in [2.24, 2.45) is 0 Å². The molecule has 3 amide bonds. The Morgan fingerprint density at radius 3 is 2.56 bits per heavy atom. The molecular weight excluding hydrogens is 406 g/mol. The van der Waals surface area contributed by atoms with Gasteiger partial charge in [-0.2, -0.15) is 0 Å². The van der Waals surface area contributed by atoms with E-state index >= 15 is 0 Å². The van der Waals surface area contributed by atoms with E-state index in [4.69, 9.17) is 9.72 Å². The summed E-state index contributed by atoms with van der Waals surface area (Å²) in [6.07, 6.45) is 3.50. The molecule has 7 heteroatoms. The SMILES string of the molecule is CCNC(=O)NC(=O)COC(=O)c1c2c(nc3ccccc13)/C(=C\c1ccccc1)CC2. The van der Waals surface area contributed by atoms with Crippen LogP contribution in [0.1, 0.15) is 40.5 Å². The summed E-state index contributed by atoms with van der Waals surface area (Å²) in [4.78, 5) is 41.3. The highest BCUT2D eigenvalue weighted by molar-refractivity contribution is 6.08. The molecule has 32 heavy (non-hydrogen) atoms. The van der Waals surface area contributed by atoms with Crippen LogP contribution in [0.2, 0.25) is 0 Å². The molecule has 0 atom stereocenters. The third-order valence-electron chi connectivity index (χ3n) is 5.21. The quantitative estimate of drug-likeness (QED) is 0.603. The summed E-state index contributed by atoms with van der Waals surface area (Å²) in [6.45, 7) is 1.57. The fraction of sp³-hybridized carbons (Fsp3) is 0.200. The van der Waals surface area contributed by atoms with Gasteiger partial charge in [0.2, 0.25) is 0 Å². The van der Waals surface area contributed by atoms with Gasteiger partial charge >= 0.3 is 12.0 Å². The van der Waals surface area contributed by atoms with Gasteiger partial charge in [-0.3, -0.25) is 10.1 Å². The van der Waals surface area contributed by atoms with Crippen LogP contribution in [0, 0.1) is 0 Å². The summed E-state index contributed by atoms with van der Waals surface area (Å²) in [5.74, 6) is -1.30. The number of para-hydroxylation sites is 1. The first-order valence-electron chi connectivity index (χ1n) is 10.5. The maximum absolute atomic E-state index is 13.0. The Kier molecular flexibility index (Phi) is 6.26. The molecule has 7 nitrogen and oxygen atoms in total. The number of fused-ring (bicyclic) bond motifs is 2. The number of carbonyl (C=O) groups excluding carboxylic acids is 3. The lowest BCUT2D eigenvalue weighted by molar-refractivity contribution is -0.123. The number of pyridine rings is 1. The molecule has 0 bridgehead atoms. The standard InChI is InChI=1S/C25H23N3O4/c1-2-26-25(31)28-21(29)15-32-24(30)22-18-10-6-7-11-20(18)27-23-17(12-13-19(22)23)14-16-8-4-3-5-9-16/h3-11,14H,2,12-13,15H2,1H3,(H2,26,28,29,31)/b17-14-. The van der Waals surface area contributed by atoms with Crippen molar-refractivity contribution >= 4 is 40.5 Å². The van der Waals surface area contributed by atoms with E-state index in [1.807, 2.05) is 54.6 Å². The van der Waals surface area contributed by atoms with Crippen LogP contribution >= 0.6 is 0 Å². The number of nitrogens with zero attached hydrogens (tertiary/aromatic N) is 1. The molecule has 1 aliphatic rings. The Hall–Kier alpha value is -4.00. The van der Waals surface area contributed by atoms with Crippen LogP contribution in [-0.2, 0) is 16.0 Å². The minimum Gasteiger partial charge on any atom is -0.452 e. The molecule has 3 aromatic rings. The van der Waals surface area contributed by atoms with E-state index < -0.39 is 24.5 Å². The van der Waals surface area contributed by atoms with Crippen LogP contribution in [0.4, 0.5) is 4.79 Å². The molecule has 0 fully saturated rings. The topological polar surface area (TPSA) is 97.4 Å².